The summed E-state index contributed by atoms with van der Waals surface area (Å²) in [5.74, 6) is 0.374. The molecule has 0 spiro atoms. The summed E-state index contributed by atoms with van der Waals surface area (Å²) in [5, 5.41) is 11.2. The van der Waals surface area contributed by atoms with Crippen LogP contribution in [-0.2, 0) is 13.0 Å². The highest BCUT2D eigenvalue weighted by Gasteiger charge is 2.29. The van der Waals surface area contributed by atoms with Gasteiger partial charge in [-0.15, -0.1) is 0 Å². The van der Waals surface area contributed by atoms with Crippen molar-refractivity contribution in [3.63, 3.8) is 0 Å². The number of fused-ring (bicyclic) bond motifs is 1. The van der Waals surface area contributed by atoms with Crippen molar-refractivity contribution in [3.05, 3.63) is 77.0 Å². The van der Waals surface area contributed by atoms with Crippen LogP contribution in [0.5, 0.6) is 11.6 Å². The highest BCUT2D eigenvalue weighted by molar-refractivity contribution is 8.00. The van der Waals surface area contributed by atoms with Crippen molar-refractivity contribution in [1.82, 2.24) is 14.1 Å². The van der Waals surface area contributed by atoms with Crippen molar-refractivity contribution in [3.8, 4) is 17.3 Å². The molecule has 2 aromatic heterocycles. The van der Waals surface area contributed by atoms with Crippen molar-refractivity contribution in [2.45, 2.75) is 23.4 Å². The van der Waals surface area contributed by atoms with Crippen LogP contribution in [0.25, 0.3) is 16.6 Å². The normalized spacial score (nSPS) is 11.8. The molecule has 2 heterocycles. The number of aromatic hydroxyl groups is 1. The molecular weight excluding hydrogens is 443 g/mol. The second-order valence-corrected chi connectivity index (χ2v) is 8.05. The van der Waals surface area contributed by atoms with E-state index in [1.54, 1.807) is 13.3 Å². The van der Waals surface area contributed by atoms with Crippen LogP contribution in [0, 0.1) is 0 Å². The molecule has 0 aliphatic heterocycles. The molecule has 32 heavy (non-hydrogen) atoms. The molecule has 0 atom stereocenters. The van der Waals surface area contributed by atoms with E-state index in [-0.39, 0.29) is 34.8 Å². The number of aryl methyl sites for hydroxylation is 2. The van der Waals surface area contributed by atoms with Crippen LogP contribution in [0.2, 0.25) is 0 Å². The Balaban J connectivity index is 1.60. The van der Waals surface area contributed by atoms with E-state index in [0.717, 1.165) is 21.0 Å². The van der Waals surface area contributed by atoms with Gasteiger partial charge in [-0.25, -0.2) is 9.36 Å². The van der Waals surface area contributed by atoms with Gasteiger partial charge in [0, 0.05) is 23.0 Å². The van der Waals surface area contributed by atoms with Gasteiger partial charge in [-0.3, -0.25) is 9.55 Å². The molecule has 6 nitrogen and oxygen atoms in total. The maximum Gasteiger partial charge on any atom is 0.446 e. The fourth-order valence-electron chi connectivity index (χ4n) is 3.54. The van der Waals surface area contributed by atoms with E-state index in [2.05, 4.69) is 4.98 Å². The lowest BCUT2D eigenvalue weighted by atomic mass is 10.1. The number of halogens is 3. The molecule has 2 aromatic carbocycles. The van der Waals surface area contributed by atoms with E-state index in [1.165, 1.54) is 35.0 Å². The maximum atomic E-state index is 12.9. The molecule has 0 fully saturated rings. The number of pyridine rings is 1. The summed E-state index contributed by atoms with van der Waals surface area (Å²) in [6.45, 7) is 0.276. The van der Waals surface area contributed by atoms with Crippen LogP contribution in [0.3, 0.4) is 0 Å². The van der Waals surface area contributed by atoms with Crippen LogP contribution < -0.4 is 10.4 Å². The number of hydrogen-bond donors (Lipinski definition) is 1. The third-order valence-corrected chi connectivity index (χ3v) is 5.66. The van der Waals surface area contributed by atoms with Gasteiger partial charge in [-0.1, -0.05) is 6.07 Å². The van der Waals surface area contributed by atoms with Gasteiger partial charge < -0.3 is 9.84 Å². The average molecular weight is 461 g/mol. The van der Waals surface area contributed by atoms with E-state index in [0.29, 0.717) is 12.2 Å². The number of aromatic nitrogens is 3. The first-order chi connectivity index (χ1) is 15.3. The standard InChI is InChI=1S/C22H18F3N3O3S/c1-31-18-4-2-3-17-20(18)14(9-11-26-17)10-12-27-13-19(29)28(21(27)30)15-5-7-16(8-6-15)32-22(23,24)25/h2-9,11,13,29H,10,12H2,1H3. The van der Waals surface area contributed by atoms with E-state index in [9.17, 15) is 23.1 Å². The fraction of sp³-hybridized carbons (Fsp3) is 0.182. The molecule has 4 rings (SSSR count). The van der Waals surface area contributed by atoms with Gasteiger partial charge in [-0.05, 0) is 66.2 Å². The number of methoxy groups -OCH3 is 1. The predicted octanol–water partition coefficient (Wildman–Crippen LogP) is 4.76. The van der Waals surface area contributed by atoms with Gasteiger partial charge in [0.2, 0.25) is 5.88 Å². The highest BCUT2D eigenvalue weighted by Crippen LogP contribution is 2.37. The zero-order valence-electron chi connectivity index (χ0n) is 16.8. The number of thioether (sulfide) groups is 1. The summed E-state index contributed by atoms with van der Waals surface area (Å²) in [6, 6.07) is 12.6. The van der Waals surface area contributed by atoms with Crippen molar-refractivity contribution in [1.29, 1.82) is 0 Å². The van der Waals surface area contributed by atoms with Gasteiger partial charge in [0.05, 0.1) is 24.5 Å². The number of benzene rings is 2. The Labute approximate surface area is 184 Å². The Morgan fingerprint density at radius 3 is 2.56 bits per heavy atom. The fourth-order valence-corrected chi connectivity index (χ4v) is 4.08. The van der Waals surface area contributed by atoms with Crippen LogP contribution in [0.4, 0.5) is 13.2 Å². The van der Waals surface area contributed by atoms with Gasteiger partial charge in [0.25, 0.3) is 0 Å². The minimum Gasteiger partial charge on any atom is -0.496 e. The molecule has 0 saturated heterocycles. The second-order valence-electron chi connectivity index (χ2n) is 6.91. The van der Waals surface area contributed by atoms with Crippen molar-refractivity contribution < 1.29 is 23.0 Å². The van der Waals surface area contributed by atoms with Gasteiger partial charge in [0.15, 0.2) is 0 Å². The summed E-state index contributed by atoms with van der Waals surface area (Å²) in [4.78, 5) is 17.2. The number of rotatable bonds is 6. The Kier molecular flexibility index (Phi) is 5.88. The molecule has 0 bridgehead atoms. The molecule has 0 radical (unpaired) electrons. The number of alkyl halides is 3. The molecule has 0 aliphatic rings. The summed E-state index contributed by atoms with van der Waals surface area (Å²) in [6.07, 6.45) is 3.47. The molecule has 10 heteroatoms. The van der Waals surface area contributed by atoms with Crippen LogP contribution in [0.15, 0.2) is 70.6 Å². The Morgan fingerprint density at radius 2 is 1.88 bits per heavy atom. The first-order valence-electron chi connectivity index (χ1n) is 9.55. The lowest BCUT2D eigenvalue weighted by Crippen LogP contribution is -2.23. The van der Waals surface area contributed by atoms with Crippen LogP contribution in [0.1, 0.15) is 5.56 Å². The van der Waals surface area contributed by atoms with Crippen molar-refractivity contribution in [2.24, 2.45) is 0 Å². The average Bonchev–Trinajstić information content (AvgIpc) is 3.04. The Hall–Kier alpha value is -3.40. The summed E-state index contributed by atoms with van der Waals surface area (Å²) in [5.41, 5.74) is -2.92. The smallest absolute Gasteiger partial charge is 0.446 e. The van der Waals surface area contributed by atoms with E-state index < -0.39 is 11.2 Å². The SMILES string of the molecule is COc1cccc2nccc(CCn3cc(O)n(-c4ccc(SC(F)(F)F)cc4)c3=O)c12. The lowest BCUT2D eigenvalue weighted by Gasteiger charge is -2.10. The number of hydrogen-bond acceptors (Lipinski definition) is 5. The Bertz CT molecular complexity index is 1310. The van der Waals surface area contributed by atoms with Gasteiger partial charge >= 0.3 is 11.2 Å². The quantitative estimate of drug-likeness (QED) is 0.420. The highest BCUT2D eigenvalue weighted by atomic mass is 32.2. The maximum absolute atomic E-state index is 12.9. The molecule has 1 N–H and O–H groups in total. The van der Waals surface area contributed by atoms with E-state index >= 15 is 0 Å². The van der Waals surface area contributed by atoms with Gasteiger partial charge in [0.1, 0.15) is 5.75 Å². The lowest BCUT2D eigenvalue weighted by molar-refractivity contribution is -0.0328. The van der Waals surface area contributed by atoms with E-state index in [4.69, 9.17) is 4.74 Å². The number of imidazole rings is 1. The molecule has 0 unspecified atom stereocenters. The third kappa shape index (κ3) is 4.45. The largest absolute Gasteiger partial charge is 0.496 e. The topological polar surface area (TPSA) is 69.3 Å². The summed E-state index contributed by atoms with van der Waals surface area (Å²) in [7, 11) is 1.58. The number of nitrogens with zero attached hydrogens (tertiary/aromatic N) is 3. The van der Waals surface area contributed by atoms with Crippen molar-refractivity contribution in [2.75, 3.05) is 7.11 Å². The first kappa shape index (κ1) is 21.8. The van der Waals surface area contributed by atoms with Crippen LogP contribution >= 0.6 is 11.8 Å². The van der Waals surface area contributed by atoms with Crippen molar-refractivity contribution >= 4 is 22.7 Å². The molecule has 166 valence electrons. The molecule has 4 aromatic rings. The van der Waals surface area contributed by atoms with E-state index in [1.807, 2.05) is 24.3 Å². The monoisotopic (exact) mass is 461 g/mol. The molecular formula is C22H18F3N3O3S. The summed E-state index contributed by atoms with van der Waals surface area (Å²) < 4.78 is 45.4. The predicted molar refractivity (Wildman–Crippen MR) is 116 cm³/mol. The minimum absolute atomic E-state index is 0.00765. The number of ether oxygens (including phenoxy) is 1. The molecule has 0 amide bonds. The molecule has 0 saturated carbocycles. The van der Waals surface area contributed by atoms with Crippen LogP contribution in [-0.4, -0.2) is 31.8 Å². The zero-order valence-corrected chi connectivity index (χ0v) is 17.7. The van der Waals surface area contributed by atoms with Gasteiger partial charge in [-0.2, -0.15) is 13.2 Å². The zero-order chi connectivity index (χ0) is 22.9. The Morgan fingerprint density at radius 1 is 1.12 bits per heavy atom. The molecule has 0 aliphatic carbocycles. The summed E-state index contributed by atoms with van der Waals surface area (Å²) >= 11 is -0.243. The second kappa shape index (κ2) is 8.62. The third-order valence-electron chi connectivity index (χ3n) is 4.92. The minimum atomic E-state index is -4.40. The first-order valence-corrected chi connectivity index (χ1v) is 10.4.